The molecule has 12 nitrogen and oxygen atoms in total. The number of rotatable bonds is 11. The molecule has 3 N–H and O–H groups in total. The summed E-state index contributed by atoms with van der Waals surface area (Å²) in [6.07, 6.45) is 2.46. The lowest BCUT2D eigenvalue weighted by molar-refractivity contribution is 0.145. The minimum atomic E-state index is -0.320. The van der Waals surface area contributed by atoms with Crippen LogP contribution in [0.3, 0.4) is 0 Å². The molecular formula is C33H39N9O3S. The highest BCUT2D eigenvalue weighted by atomic mass is 32.1. The Hall–Kier alpha value is -4.72. The van der Waals surface area contributed by atoms with E-state index in [-0.39, 0.29) is 6.03 Å². The molecule has 0 saturated carbocycles. The Morgan fingerprint density at radius 2 is 1.70 bits per heavy atom. The Kier molecular flexibility index (Phi) is 9.62. The lowest BCUT2D eigenvalue weighted by Gasteiger charge is -2.32. The average molecular weight is 642 g/mol. The van der Waals surface area contributed by atoms with Crippen LogP contribution in [0.25, 0.3) is 21.1 Å². The first-order valence-corrected chi connectivity index (χ1v) is 16.1. The van der Waals surface area contributed by atoms with Gasteiger partial charge in [-0.25, -0.2) is 19.7 Å². The van der Waals surface area contributed by atoms with E-state index < -0.39 is 0 Å². The van der Waals surface area contributed by atoms with Gasteiger partial charge in [0, 0.05) is 75.3 Å². The van der Waals surface area contributed by atoms with Gasteiger partial charge >= 0.3 is 6.03 Å². The SMILES string of the molecule is COc1cc2c(Nc3nc4ccc(NC(=O)Nc5ccc(N(C)C)cc5)cc4s3)ncnc2cc1OCCCN1CCN(C)CC1. The van der Waals surface area contributed by atoms with Gasteiger partial charge < -0.3 is 40.1 Å². The fraction of sp³-hybridized carbons (Fsp3) is 0.333. The summed E-state index contributed by atoms with van der Waals surface area (Å²) in [5.74, 6) is 1.89. The topological polar surface area (TPSA) is 120 Å². The Morgan fingerprint density at radius 3 is 2.46 bits per heavy atom. The summed E-state index contributed by atoms with van der Waals surface area (Å²) < 4.78 is 12.7. The first-order chi connectivity index (χ1) is 22.3. The van der Waals surface area contributed by atoms with E-state index in [4.69, 9.17) is 14.5 Å². The van der Waals surface area contributed by atoms with Crippen LogP contribution in [0.4, 0.5) is 32.8 Å². The normalized spacial score (nSPS) is 13.9. The van der Waals surface area contributed by atoms with Crippen LogP contribution >= 0.6 is 11.3 Å². The molecule has 0 bridgehead atoms. The third kappa shape index (κ3) is 7.56. The Morgan fingerprint density at radius 1 is 0.935 bits per heavy atom. The molecule has 5 aromatic rings. The van der Waals surface area contributed by atoms with Crippen LogP contribution in [0.2, 0.25) is 0 Å². The maximum Gasteiger partial charge on any atom is 0.323 e. The molecule has 46 heavy (non-hydrogen) atoms. The molecule has 0 unspecified atom stereocenters. The number of benzene rings is 3. The third-order valence-corrected chi connectivity index (χ3v) is 8.84. The summed E-state index contributed by atoms with van der Waals surface area (Å²) in [6, 6.07) is 16.7. The van der Waals surface area contributed by atoms with Gasteiger partial charge in [-0.1, -0.05) is 11.3 Å². The summed E-state index contributed by atoms with van der Waals surface area (Å²) in [6.45, 7) is 6.02. The molecule has 13 heteroatoms. The number of fused-ring (bicyclic) bond motifs is 2. The molecule has 1 aliphatic heterocycles. The summed E-state index contributed by atoms with van der Waals surface area (Å²) in [4.78, 5) is 33.2. The van der Waals surface area contributed by atoms with Gasteiger partial charge in [0.2, 0.25) is 0 Å². The number of methoxy groups -OCH3 is 1. The number of aromatic nitrogens is 3. The monoisotopic (exact) mass is 641 g/mol. The van der Waals surface area contributed by atoms with Crippen LogP contribution in [0, 0.1) is 0 Å². The standard InChI is InChI=1S/C33H39N9O3S/c1-40(2)24-9-6-22(7-10-24)36-32(43)37-23-8-11-26-30(18-23)46-33(38-26)39-31-25-19-28(44-4)29(20-27(25)34-21-35-31)45-17-5-12-42-15-13-41(3)14-16-42/h6-11,18-21H,5,12-17H2,1-4H3,(H2,36,37,43)(H,34,35,38,39). The number of likely N-dealkylation sites (N-methyl/N-ethyl adjacent to an activating group) is 1. The first-order valence-electron chi connectivity index (χ1n) is 15.2. The van der Waals surface area contributed by atoms with E-state index in [0.29, 0.717) is 40.4 Å². The Balaban J connectivity index is 1.10. The highest BCUT2D eigenvalue weighted by molar-refractivity contribution is 7.22. The minimum absolute atomic E-state index is 0.320. The maximum absolute atomic E-state index is 12.6. The van der Waals surface area contributed by atoms with Gasteiger partial charge in [0.1, 0.15) is 12.1 Å². The van der Waals surface area contributed by atoms with E-state index in [9.17, 15) is 4.79 Å². The molecule has 2 amide bonds. The summed E-state index contributed by atoms with van der Waals surface area (Å²) >= 11 is 1.47. The molecule has 0 aliphatic carbocycles. The van der Waals surface area contributed by atoms with E-state index >= 15 is 0 Å². The van der Waals surface area contributed by atoms with Crippen molar-refractivity contribution in [2.45, 2.75) is 6.42 Å². The van der Waals surface area contributed by atoms with Gasteiger partial charge in [-0.15, -0.1) is 0 Å². The smallest absolute Gasteiger partial charge is 0.323 e. The number of carbonyl (C=O) groups is 1. The van der Waals surface area contributed by atoms with Crippen LogP contribution in [0.15, 0.2) is 60.9 Å². The molecule has 1 saturated heterocycles. The fourth-order valence-corrected chi connectivity index (χ4v) is 6.18. The molecule has 6 rings (SSSR count). The van der Waals surface area contributed by atoms with Crippen molar-refractivity contribution in [1.82, 2.24) is 24.8 Å². The van der Waals surface area contributed by atoms with Crippen molar-refractivity contribution in [3.8, 4) is 11.5 Å². The van der Waals surface area contributed by atoms with E-state index in [2.05, 4.69) is 42.8 Å². The van der Waals surface area contributed by atoms with Gasteiger partial charge in [0.25, 0.3) is 0 Å². The predicted molar refractivity (Wildman–Crippen MR) is 186 cm³/mol. The van der Waals surface area contributed by atoms with Gasteiger partial charge in [-0.05, 0) is 62.0 Å². The molecule has 1 fully saturated rings. The Labute approximate surface area is 272 Å². The van der Waals surface area contributed by atoms with Crippen LogP contribution < -0.4 is 30.3 Å². The number of hydrogen-bond acceptors (Lipinski definition) is 11. The zero-order chi connectivity index (χ0) is 32.0. The first kappa shape index (κ1) is 31.3. The number of anilines is 5. The number of urea groups is 1. The maximum atomic E-state index is 12.6. The zero-order valence-corrected chi connectivity index (χ0v) is 27.4. The highest BCUT2D eigenvalue weighted by Gasteiger charge is 2.16. The van der Waals surface area contributed by atoms with Crippen molar-refractivity contribution >= 4 is 66.5 Å². The lowest BCUT2D eigenvalue weighted by atomic mass is 10.2. The van der Waals surface area contributed by atoms with Crippen LogP contribution in [-0.2, 0) is 0 Å². The number of carbonyl (C=O) groups excluding carboxylic acids is 1. The van der Waals surface area contributed by atoms with E-state index in [1.54, 1.807) is 7.11 Å². The molecular weight excluding hydrogens is 602 g/mol. The van der Waals surface area contributed by atoms with Crippen molar-refractivity contribution < 1.29 is 14.3 Å². The van der Waals surface area contributed by atoms with E-state index in [1.165, 1.54) is 17.7 Å². The molecule has 1 aliphatic rings. The molecule has 240 valence electrons. The second-order valence-corrected chi connectivity index (χ2v) is 12.5. The Bertz CT molecular complexity index is 1800. The summed E-state index contributed by atoms with van der Waals surface area (Å²) in [5, 5.41) is 10.6. The number of ether oxygens (including phenoxy) is 2. The number of hydrogen-bond donors (Lipinski definition) is 3. The number of nitrogens with one attached hydrogen (secondary N) is 3. The van der Waals surface area contributed by atoms with E-state index in [1.807, 2.05) is 73.6 Å². The second-order valence-electron chi connectivity index (χ2n) is 11.4. The molecule has 0 radical (unpaired) electrons. The average Bonchev–Trinajstić information content (AvgIpc) is 3.45. The van der Waals surface area contributed by atoms with Gasteiger partial charge in [0.15, 0.2) is 16.6 Å². The lowest BCUT2D eigenvalue weighted by Crippen LogP contribution is -2.44. The largest absolute Gasteiger partial charge is 0.493 e. The van der Waals surface area contributed by atoms with Crippen molar-refractivity contribution in [1.29, 1.82) is 0 Å². The molecule has 0 atom stereocenters. The number of amides is 2. The summed E-state index contributed by atoms with van der Waals surface area (Å²) in [5.41, 5.74) is 3.98. The predicted octanol–water partition coefficient (Wildman–Crippen LogP) is 5.72. The number of thiazole rings is 1. The minimum Gasteiger partial charge on any atom is -0.493 e. The zero-order valence-electron chi connectivity index (χ0n) is 26.5. The molecule has 3 aromatic carbocycles. The molecule has 2 aromatic heterocycles. The van der Waals surface area contributed by atoms with Crippen LogP contribution in [0.5, 0.6) is 11.5 Å². The number of piperazine rings is 1. The van der Waals surface area contributed by atoms with E-state index in [0.717, 1.165) is 66.0 Å². The van der Waals surface area contributed by atoms with Crippen molar-refractivity contribution in [3.63, 3.8) is 0 Å². The quantitative estimate of drug-likeness (QED) is 0.155. The number of nitrogens with zero attached hydrogens (tertiary/aromatic N) is 6. The van der Waals surface area contributed by atoms with Crippen molar-refractivity contribution in [2.24, 2.45) is 0 Å². The van der Waals surface area contributed by atoms with Crippen LogP contribution in [0.1, 0.15) is 6.42 Å². The van der Waals surface area contributed by atoms with Crippen molar-refractivity contribution in [2.75, 3.05) is 88.4 Å². The molecule has 0 spiro atoms. The van der Waals surface area contributed by atoms with Crippen molar-refractivity contribution in [3.05, 3.63) is 60.9 Å². The second kappa shape index (κ2) is 14.1. The van der Waals surface area contributed by atoms with Crippen LogP contribution in [-0.4, -0.2) is 98.4 Å². The third-order valence-electron chi connectivity index (χ3n) is 7.91. The molecule has 3 heterocycles. The van der Waals surface area contributed by atoms with Gasteiger partial charge in [0.05, 0.1) is 29.5 Å². The van der Waals surface area contributed by atoms with Gasteiger partial charge in [-0.2, -0.15) is 0 Å². The highest BCUT2D eigenvalue weighted by Crippen LogP contribution is 2.36. The van der Waals surface area contributed by atoms with Gasteiger partial charge in [-0.3, -0.25) is 0 Å². The summed E-state index contributed by atoms with van der Waals surface area (Å²) in [7, 11) is 7.75. The fourth-order valence-electron chi connectivity index (χ4n) is 5.27.